The molecule has 0 aliphatic heterocycles. The van der Waals surface area contributed by atoms with Gasteiger partial charge in [0.05, 0.1) is 22.9 Å². The summed E-state index contributed by atoms with van der Waals surface area (Å²) in [6.07, 6.45) is 0. The van der Waals surface area contributed by atoms with Crippen LogP contribution in [0.4, 0.5) is 0 Å². The molecule has 0 atom stereocenters. The predicted octanol–water partition coefficient (Wildman–Crippen LogP) is 2.60. The number of nitrogens with one attached hydrogen (secondary N) is 2. The van der Waals surface area contributed by atoms with E-state index in [-0.39, 0.29) is 5.91 Å². The maximum atomic E-state index is 12.1. The zero-order valence-electron chi connectivity index (χ0n) is 11.8. The van der Waals surface area contributed by atoms with E-state index in [1.807, 2.05) is 0 Å². The van der Waals surface area contributed by atoms with Crippen LogP contribution in [-0.2, 0) is 0 Å². The SMILES string of the molecule is COc1cc(OC)cc(C(=O)NNC(=O)c2ccc(Br)s2)c1. The van der Waals surface area contributed by atoms with Gasteiger partial charge >= 0.3 is 0 Å². The first-order valence-corrected chi connectivity index (χ1v) is 7.73. The molecule has 1 heterocycles. The number of halogens is 1. The van der Waals surface area contributed by atoms with E-state index < -0.39 is 5.91 Å². The van der Waals surface area contributed by atoms with Crippen LogP contribution in [0.15, 0.2) is 34.1 Å². The molecule has 0 aliphatic rings. The predicted molar refractivity (Wildman–Crippen MR) is 86.5 cm³/mol. The van der Waals surface area contributed by atoms with Gasteiger partial charge in [0, 0.05) is 11.6 Å². The molecule has 0 spiro atoms. The van der Waals surface area contributed by atoms with Gasteiger partial charge in [0.1, 0.15) is 11.5 Å². The molecule has 0 saturated heterocycles. The van der Waals surface area contributed by atoms with E-state index in [9.17, 15) is 9.59 Å². The molecule has 0 fully saturated rings. The van der Waals surface area contributed by atoms with Crippen molar-refractivity contribution in [1.82, 2.24) is 10.9 Å². The van der Waals surface area contributed by atoms with E-state index >= 15 is 0 Å². The van der Waals surface area contributed by atoms with Crippen molar-refractivity contribution in [2.75, 3.05) is 14.2 Å². The molecule has 0 aliphatic carbocycles. The fourth-order valence-electron chi connectivity index (χ4n) is 1.62. The van der Waals surface area contributed by atoms with Gasteiger partial charge in [-0.2, -0.15) is 0 Å². The lowest BCUT2D eigenvalue weighted by atomic mass is 10.2. The molecule has 1 aromatic carbocycles. The highest BCUT2D eigenvalue weighted by molar-refractivity contribution is 9.11. The molecule has 2 rings (SSSR count). The lowest BCUT2D eigenvalue weighted by molar-refractivity contribution is 0.0848. The number of methoxy groups -OCH3 is 2. The first-order valence-electron chi connectivity index (χ1n) is 6.12. The van der Waals surface area contributed by atoms with Gasteiger partial charge in [0.25, 0.3) is 11.8 Å². The highest BCUT2D eigenvalue weighted by atomic mass is 79.9. The summed E-state index contributed by atoms with van der Waals surface area (Å²) in [5.41, 5.74) is 5.01. The zero-order chi connectivity index (χ0) is 16.1. The average molecular weight is 385 g/mol. The standard InChI is InChI=1S/C14H13BrN2O4S/c1-20-9-5-8(6-10(7-9)21-2)13(18)16-17-14(19)11-3-4-12(15)22-11/h3-7H,1-2H3,(H,16,18)(H,17,19). The van der Waals surface area contributed by atoms with Gasteiger partial charge in [0.15, 0.2) is 0 Å². The van der Waals surface area contributed by atoms with Gasteiger partial charge in [0.2, 0.25) is 0 Å². The quantitative estimate of drug-likeness (QED) is 0.794. The van der Waals surface area contributed by atoms with E-state index in [1.54, 1.807) is 30.3 Å². The van der Waals surface area contributed by atoms with Crippen LogP contribution >= 0.6 is 27.3 Å². The van der Waals surface area contributed by atoms with Crippen molar-refractivity contribution >= 4 is 39.1 Å². The molecule has 0 saturated carbocycles. The number of hydrogen-bond acceptors (Lipinski definition) is 5. The molecule has 22 heavy (non-hydrogen) atoms. The number of rotatable bonds is 4. The number of thiophene rings is 1. The van der Waals surface area contributed by atoms with Gasteiger partial charge in [-0.1, -0.05) is 0 Å². The second-order valence-corrected chi connectivity index (χ2v) is 6.58. The first kappa shape index (κ1) is 16.3. The minimum absolute atomic E-state index is 0.309. The number of carbonyl (C=O) groups excluding carboxylic acids is 2. The Hall–Kier alpha value is -2.06. The van der Waals surface area contributed by atoms with Crippen molar-refractivity contribution in [1.29, 1.82) is 0 Å². The van der Waals surface area contributed by atoms with Crippen LogP contribution in [0.3, 0.4) is 0 Å². The second-order valence-electron chi connectivity index (χ2n) is 4.11. The summed E-state index contributed by atoms with van der Waals surface area (Å²) in [6, 6.07) is 8.16. The van der Waals surface area contributed by atoms with Crippen molar-refractivity contribution in [3.8, 4) is 11.5 Å². The lowest BCUT2D eigenvalue weighted by Gasteiger charge is -2.09. The van der Waals surface area contributed by atoms with Crippen molar-refractivity contribution in [2.24, 2.45) is 0 Å². The van der Waals surface area contributed by atoms with Crippen LogP contribution < -0.4 is 20.3 Å². The molecule has 2 aromatic rings. The molecular formula is C14H13BrN2O4S. The Morgan fingerprint density at radius 1 is 1.00 bits per heavy atom. The van der Waals surface area contributed by atoms with Crippen molar-refractivity contribution < 1.29 is 19.1 Å². The maximum absolute atomic E-state index is 12.1. The monoisotopic (exact) mass is 384 g/mol. The third-order valence-electron chi connectivity index (χ3n) is 2.70. The minimum Gasteiger partial charge on any atom is -0.497 e. The summed E-state index contributed by atoms with van der Waals surface area (Å²) < 4.78 is 11.0. The van der Waals surface area contributed by atoms with Crippen LogP contribution in [0.1, 0.15) is 20.0 Å². The number of hydrazine groups is 1. The van der Waals surface area contributed by atoms with Crippen LogP contribution in [-0.4, -0.2) is 26.0 Å². The molecule has 0 radical (unpaired) electrons. The van der Waals surface area contributed by atoms with Crippen LogP contribution in [0.5, 0.6) is 11.5 Å². The Balaban J connectivity index is 2.04. The van der Waals surface area contributed by atoms with Gasteiger partial charge in [-0.25, -0.2) is 0 Å². The number of ether oxygens (including phenoxy) is 2. The summed E-state index contributed by atoms with van der Waals surface area (Å²) in [6.45, 7) is 0. The molecule has 2 amide bonds. The van der Waals surface area contributed by atoms with Crippen LogP contribution in [0.2, 0.25) is 0 Å². The van der Waals surface area contributed by atoms with E-state index in [2.05, 4.69) is 26.8 Å². The third kappa shape index (κ3) is 3.99. The molecule has 1 aromatic heterocycles. The summed E-state index contributed by atoms with van der Waals surface area (Å²) in [5.74, 6) is 0.108. The fraction of sp³-hybridized carbons (Fsp3) is 0.143. The second kappa shape index (κ2) is 7.28. The Bertz CT molecular complexity index is 680. The third-order valence-corrected chi connectivity index (χ3v) is 4.32. The first-order chi connectivity index (χ1) is 10.5. The lowest BCUT2D eigenvalue weighted by Crippen LogP contribution is -2.41. The fourth-order valence-corrected chi connectivity index (χ4v) is 2.90. The van der Waals surface area contributed by atoms with Gasteiger partial charge < -0.3 is 9.47 Å². The molecule has 6 nitrogen and oxygen atoms in total. The van der Waals surface area contributed by atoms with Crippen LogP contribution in [0, 0.1) is 0 Å². The highest BCUT2D eigenvalue weighted by Gasteiger charge is 2.13. The Morgan fingerprint density at radius 2 is 1.59 bits per heavy atom. The topological polar surface area (TPSA) is 76.7 Å². The highest BCUT2D eigenvalue weighted by Crippen LogP contribution is 2.23. The molecular weight excluding hydrogens is 372 g/mol. The van der Waals surface area contributed by atoms with Crippen molar-refractivity contribution in [3.63, 3.8) is 0 Å². The molecule has 0 bridgehead atoms. The normalized spacial score (nSPS) is 9.95. The smallest absolute Gasteiger partial charge is 0.279 e. The van der Waals surface area contributed by atoms with Crippen LogP contribution in [0.25, 0.3) is 0 Å². The largest absolute Gasteiger partial charge is 0.497 e. The van der Waals surface area contributed by atoms with Crippen molar-refractivity contribution in [3.05, 3.63) is 44.6 Å². The average Bonchev–Trinajstić information content (AvgIpc) is 2.98. The summed E-state index contributed by atoms with van der Waals surface area (Å²) >= 11 is 4.54. The molecule has 0 unspecified atom stereocenters. The van der Waals surface area contributed by atoms with E-state index in [0.29, 0.717) is 21.9 Å². The number of carbonyl (C=O) groups is 2. The molecule has 2 N–H and O–H groups in total. The summed E-state index contributed by atoms with van der Waals surface area (Å²) in [7, 11) is 2.99. The Labute approximate surface area is 139 Å². The Kier molecular flexibility index (Phi) is 5.40. The van der Waals surface area contributed by atoms with E-state index in [1.165, 1.54) is 25.6 Å². The summed E-state index contributed by atoms with van der Waals surface area (Å²) in [4.78, 5) is 24.4. The number of hydrogen-bond donors (Lipinski definition) is 2. The van der Waals surface area contributed by atoms with Gasteiger partial charge in [-0.3, -0.25) is 20.4 Å². The van der Waals surface area contributed by atoms with Gasteiger partial charge in [-0.15, -0.1) is 11.3 Å². The van der Waals surface area contributed by atoms with E-state index in [0.717, 1.165) is 3.79 Å². The Morgan fingerprint density at radius 3 is 2.09 bits per heavy atom. The number of benzene rings is 1. The van der Waals surface area contributed by atoms with Gasteiger partial charge in [-0.05, 0) is 40.2 Å². The van der Waals surface area contributed by atoms with Crippen molar-refractivity contribution in [2.45, 2.75) is 0 Å². The number of amides is 2. The molecule has 116 valence electrons. The zero-order valence-corrected chi connectivity index (χ0v) is 14.2. The maximum Gasteiger partial charge on any atom is 0.279 e. The molecule has 8 heteroatoms. The van der Waals surface area contributed by atoms with E-state index in [4.69, 9.17) is 9.47 Å². The minimum atomic E-state index is -0.471. The summed E-state index contributed by atoms with van der Waals surface area (Å²) in [5, 5.41) is 0.